The second-order valence-electron chi connectivity index (χ2n) is 7.19. The van der Waals surface area contributed by atoms with Crippen LogP contribution in [-0.2, 0) is 9.59 Å². The number of nitrogens with zero attached hydrogens (tertiary/aromatic N) is 2. The summed E-state index contributed by atoms with van der Waals surface area (Å²) in [5.74, 6) is -0.462. The number of piperazine rings is 1. The number of hydrogen-bond donors (Lipinski definition) is 2. The van der Waals surface area contributed by atoms with Crippen LogP contribution < -0.4 is 10.6 Å². The standard InChI is InChI=1S/C18H21FN4O3/c1-10-4-5-11(19)7-13(10)21-18(26)20-12-8-15-17(25)22-6-2-3-14(22)16(24)23(15)9-12/h4-5,7,12,14-15H,2-3,6,8-9H2,1H3,(H2,20,21,26)/t12-,14+,15-/m0/s1. The van der Waals surface area contributed by atoms with E-state index in [0.717, 1.165) is 12.0 Å². The second kappa shape index (κ2) is 6.26. The van der Waals surface area contributed by atoms with Crippen molar-refractivity contribution >= 4 is 23.5 Å². The molecule has 1 aromatic rings. The number of anilines is 1. The molecule has 0 spiro atoms. The summed E-state index contributed by atoms with van der Waals surface area (Å²) in [6, 6.07) is 2.58. The van der Waals surface area contributed by atoms with E-state index in [0.29, 0.717) is 31.6 Å². The lowest BCUT2D eigenvalue weighted by atomic mass is 10.1. The van der Waals surface area contributed by atoms with Crippen LogP contribution in [0.4, 0.5) is 14.9 Å². The van der Waals surface area contributed by atoms with Gasteiger partial charge in [-0.1, -0.05) is 6.07 Å². The SMILES string of the molecule is Cc1ccc(F)cc1NC(=O)N[C@H]1C[C@H]2C(=O)N3CCC[C@@H]3C(=O)N2C1. The number of urea groups is 1. The number of hydrogen-bond acceptors (Lipinski definition) is 3. The number of carbonyl (C=O) groups excluding carboxylic acids is 3. The molecular weight excluding hydrogens is 339 g/mol. The molecular formula is C18H21FN4O3. The van der Waals surface area contributed by atoms with Crippen LogP contribution in [-0.4, -0.2) is 58.9 Å². The lowest BCUT2D eigenvalue weighted by Crippen LogP contribution is -2.60. The number of aryl methyl sites for hydroxylation is 1. The maximum atomic E-state index is 13.3. The number of benzene rings is 1. The molecule has 3 fully saturated rings. The Kier molecular flexibility index (Phi) is 4.05. The highest BCUT2D eigenvalue weighted by atomic mass is 19.1. The first kappa shape index (κ1) is 16.8. The van der Waals surface area contributed by atoms with E-state index in [1.807, 2.05) is 0 Å². The molecule has 26 heavy (non-hydrogen) atoms. The summed E-state index contributed by atoms with van der Waals surface area (Å²) < 4.78 is 13.3. The van der Waals surface area contributed by atoms with E-state index in [4.69, 9.17) is 0 Å². The van der Waals surface area contributed by atoms with Gasteiger partial charge in [-0.25, -0.2) is 9.18 Å². The van der Waals surface area contributed by atoms with Crippen molar-refractivity contribution in [1.82, 2.24) is 15.1 Å². The molecule has 0 radical (unpaired) electrons. The van der Waals surface area contributed by atoms with Gasteiger partial charge < -0.3 is 20.4 Å². The minimum absolute atomic E-state index is 0.0159. The number of nitrogens with one attached hydrogen (secondary N) is 2. The van der Waals surface area contributed by atoms with Crippen LogP contribution in [0.3, 0.4) is 0 Å². The van der Waals surface area contributed by atoms with Gasteiger partial charge in [0.15, 0.2) is 0 Å². The maximum absolute atomic E-state index is 13.3. The van der Waals surface area contributed by atoms with Crippen LogP contribution in [0.1, 0.15) is 24.8 Å². The van der Waals surface area contributed by atoms with Gasteiger partial charge in [-0.05, 0) is 43.9 Å². The molecule has 3 aliphatic heterocycles. The van der Waals surface area contributed by atoms with Crippen molar-refractivity contribution in [3.8, 4) is 0 Å². The van der Waals surface area contributed by atoms with Crippen molar-refractivity contribution in [3.05, 3.63) is 29.6 Å². The summed E-state index contributed by atoms with van der Waals surface area (Å²) in [6.45, 7) is 2.74. The third-order valence-electron chi connectivity index (χ3n) is 5.47. The zero-order valence-corrected chi connectivity index (χ0v) is 14.5. The van der Waals surface area contributed by atoms with Crippen LogP contribution in [0.15, 0.2) is 18.2 Å². The molecule has 4 rings (SSSR count). The predicted octanol–water partition coefficient (Wildman–Crippen LogP) is 1.23. The van der Waals surface area contributed by atoms with Crippen molar-refractivity contribution in [2.75, 3.05) is 18.4 Å². The molecule has 0 saturated carbocycles. The highest BCUT2D eigenvalue weighted by molar-refractivity contribution is 5.98. The molecule has 8 heteroatoms. The normalized spacial score (nSPS) is 27.4. The van der Waals surface area contributed by atoms with E-state index in [9.17, 15) is 18.8 Å². The van der Waals surface area contributed by atoms with E-state index in [1.54, 1.807) is 22.8 Å². The fourth-order valence-electron chi connectivity index (χ4n) is 4.16. The minimum atomic E-state index is -0.488. The van der Waals surface area contributed by atoms with Gasteiger partial charge in [-0.15, -0.1) is 0 Å². The molecule has 0 unspecified atom stereocenters. The van der Waals surface area contributed by atoms with Gasteiger partial charge in [0.1, 0.15) is 17.9 Å². The summed E-state index contributed by atoms with van der Waals surface area (Å²) in [4.78, 5) is 40.7. The van der Waals surface area contributed by atoms with Gasteiger partial charge in [0.05, 0.1) is 6.04 Å². The first-order valence-electron chi connectivity index (χ1n) is 8.88. The first-order chi connectivity index (χ1) is 12.4. The maximum Gasteiger partial charge on any atom is 0.319 e. The summed E-state index contributed by atoms with van der Waals surface area (Å²) in [6.07, 6.45) is 1.98. The molecule has 0 aliphatic carbocycles. The van der Waals surface area contributed by atoms with Gasteiger partial charge in [0.25, 0.3) is 0 Å². The Bertz CT molecular complexity index is 754. The van der Waals surface area contributed by atoms with Gasteiger partial charge in [-0.3, -0.25) is 9.59 Å². The van der Waals surface area contributed by atoms with E-state index in [-0.39, 0.29) is 23.9 Å². The smallest absolute Gasteiger partial charge is 0.319 e. The fourth-order valence-corrected chi connectivity index (χ4v) is 4.16. The van der Waals surface area contributed by atoms with E-state index in [1.165, 1.54) is 12.1 Å². The summed E-state index contributed by atoms with van der Waals surface area (Å²) in [5, 5.41) is 5.43. The minimum Gasteiger partial charge on any atom is -0.333 e. The van der Waals surface area contributed by atoms with Crippen LogP contribution in [0.25, 0.3) is 0 Å². The van der Waals surface area contributed by atoms with Crippen molar-refractivity contribution in [2.24, 2.45) is 0 Å². The largest absolute Gasteiger partial charge is 0.333 e. The number of fused-ring (bicyclic) bond motifs is 2. The fraction of sp³-hybridized carbons (Fsp3) is 0.500. The predicted molar refractivity (Wildman–Crippen MR) is 91.9 cm³/mol. The van der Waals surface area contributed by atoms with Crippen molar-refractivity contribution in [2.45, 2.75) is 44.3 Å². The van der Waals surface area contributed by atoms with Gasteiger partial charge >= 0.3 is 6.03 Å². The topological polar surface area (TPSA) is 81.8 Å². The highest BCUT2D eigenvalue weighted by Crippen LogP contribution is 2.32. The Morgan fingerprint density at radius 3 is 2.77 bits per heavy atom. The van der Waals surface area contributed by atoms with E-state index in [2.05, 4.69) is 10.6 Å². The number of halogens is 1. The summed E-state index contributed by atoms with van der Waals surface area (Å²) in [7, 11) is 0. The molecule has 1 aromatic carbocycles. The third kappa shape index (κ3) is 2.79. The lowest BCUT2D eigenvalue weighted by molar-refractivity contribution is -0.156. The Morgan fingerprint density at radius 2 is 1.96 bits per heavy atom. The molecule has 3 saturated heterocycles. The zero-order valence-electron chi connectivity index (χ0n) is 14.5. The van der Waals surface area contributed by atoms with Gasteiger partial charge in [-0.2, -0.15) is 0 Å². The molecule has 3 atom stereocenters. The van der Waals surface area contributed by atoms with Crippen molar-refractivity contribution < 1.29 is 18.8 Å². The average molecular weight is 360 g/mol. The van der Waals surface area contributed by atoms with Crippen LogP contribution in [0.2, 0.25) is 0 Å². The molecule has 3 aliphatic rings. The van der Waals surface area contributed by atoms with Crippen molar-refractivity contribution in [3.63, 3.8) is 0 Å². The highest BCUT2D eigenvalue weighted by Gasteiger charge is 2.51. The quantitative estimate of drug-likeness (QED) is 0.832. The second-order valence-corrected chi connectivity index (χ2v) is 7.19. The number of rotatable bonds is 2. The van der Waals surface area contributed by atoms with Gasteiger partial charge in [0.2, 0.25) is 11.8 Å². The number of amides is 4. The monoisotopic (exact) mass is 360 g/mol. The zero-order chi connectivity index (χ0) is 18.4. The Morgan fingerprint density at radius 1 is 1.19 bits per heavy atom. The molecule has 2 N–H and O–H groups in total. The third-order valence-corrected chi connectivity index (χ3v) is 5.47. The molecule has 0 aromatic heterocycles. The van der Waals surface area contributed by atoms with Crippen molar-refractivity contribution in [1.29, 1.82) is 0 Å². The summed E-state index contributed by atoms with van der Waals surface area (Å²) in [5.41, 5.74) is 1.14. The number of carbonyl (C=O) groups is 3. The lowest BCUT2D eigenvalue weighted by Gasteiger charge is -2.38. The molecule has 3 heterocycles. The first-order valence-corrected chi connectivity index (χ1v) is 8.88. The Balaban J connectivity index is 1.41. The van der Waals surface area contributed by atoms with Gasteiger partial charge in [0, 0.05) is 18.8 Å². The van der Waals surface area contributed by atoms with Crippen LogP contribution in [0, 0.1) is 12.7 Å². The Labute approximate surface area is 150 Å². The van der Waals surface area contributed by atoms with Crippen LogP contribution >= 0.6 is 0 Å². The molecule has 0 bridgehead atoms. The van der Waals surface area contributed by atoms with Crippen LogP contribution in [0.5, 0.6) is 0 Å². The molecule has 7 nitrogen and oxygen atoms in total. The van der Waals surface area contributed by atoms with E-state index >= 15 is 0 Å². The molecule has 138 valence electrons. The Hall–Kier alpha value is -2.64. The molecule has 4 amide bonds. The van der Waals surface area contributed by atoms with E-state index < -0.39 is 17.9 Å². The summed E-state index contributed by atoms with van der Waals surface area (Å²) >= 11 is 0. The average Bonchev–Trinajstić information content (AvgIpc) is 3.23.